The van der Waals surface area contributed by atoms with Crippen LogP contribution in [0.3, 0.4) is 0 Å². The number of anilines is 2. The summed E-state index contributed by atoms with van der Waals surface area (Å²) in [5.74, 6) is -0.0468. The highest BCUT2D eigenvalue weighted by Crippen LogP contribution is 2.43. The molecule has 1 amide bonds. The van der Waals surface area contributed by atoms with Crippen molar-refractivity contribution in [2.24, 2.45) is 0 Å². The van der Waals surface area contributed by atoms with Gasteiger partial charge in [-0.3, -0.25) is 4.79 Å². The molecule has 2 aliphatic rings. The Bertz CT molecular complexity index is 509. The Balaban J connectivity index is 1.52. The zero-order chi connectivity index (χ0) is 14.7. The van der Waals surface area contributed by atoms with Gasteiger partial charge in [0.15, 0.2) is 0 Å². The van der Waals surface area contributed by atoms with E-state index < -0.39 is 0 Å². The second-order valence-electron chi connectivity index (χ2n) is 6.31. The van der Waals surface area contributed by atoms with Crippen molar-refractivity contribution < 1.29 is 9.53 Å². The fraction of sp³-hybridized carbons (Fsp3) is 0.588. The van der Waals surface area contributed by atoms with Crippen molar-refractivity contribution >= 4 is 17.3 Å². The van der Waals surface area contributed by atoms with Crippen LogP contribution in [-0.4, -0.2) is 24.2 Å². The molecule has 2 N–H and O–H groups in total. The summed E-state index contributed by atoms with van der Waals surface area (Å²) in [6, 6.07) is 7.82. The first kappa shape index (κ1) is 14.4. The summed E-state index contributed by atoms with van der Waals surface area (Å²) in [5, 5.41) is 6.23. The Morgan fingerprint density at radius 1 is 1.29 bits per heavy atom. The van der Waals surface area contributed by atoms with Crippen LogP contribution in [-0.2, 0) is 9.53 Å². The molecule has 1 aliphatic heterocycles. The molecule has 3 rings (SSSR count). The molecule has 4 nitrogen and oxygen atoms in total. The van der Waals surface area contributed by atoms with E-state index in [-0.39, 0.29) is 11.5 Å². The topological polar surface area (TPSA) is 50.4 Å². The molecule has 0 aromatic heterocycles. The third kappa shape index (κ3) is 3.56. The molecule has 1 saturated heterocycles. The van der Waals surface area contributed by atoms with E-state index in [1.165, 1.54) is 39.0 Å². The van der Waals surface area contributed by atoms with Gasteiger partial charge in [-0.25, -0.2) is 0 Å². The summed E-state index contributed by atoms with van der Waals surface area (Å²) in [4.78, 5) is 11.1. The van der Waals surface area contributed by atoms with E-state index in [2.05, 4.69) is 10.6 Å². The highest BCUT2D eigenvalue weighted by molar-refractivity contribution is 5.89. The Morgan fingerprint density at radius 2 is 2.05 bits per heavy atom. The summed E-state index contributed by atoms with van der Waals surface area (Å²) in [6.07, 6.45) is 7.79. The molecular formula is C17H24N2O2. The first-order chi connectivity index (χ1) is 10.2. The van der Waals surface area contributed by atoms with Gasteiger partial charge >= 0.3 is 0 Å². The molecule has 4 heteroatoms. The van der Waals surface area contributed by atoms with Gasteiger partial charge in [0.1, 0.15) is 0 Å². The fourth-order valence-corrected chi connectivity index (χ4v) is 3.57. The van der Waals surface area contributed by atoms with Crippen LogP contribution >= 0.6 is 0 Å². The van der Waals surface area contributed by atoms with Gasteiger partial charge in [-0.05, 0) is 43.9 Å². The number of benzene rings is 1. The molecule has 1 aromatic rings. The number of carbonyl (C=O) groups excluding carboxylic acids is 1. The summed E-state index contributed by atoms with van der Waals surface area (Å²) >= 11 is 0. The number of ether oxygens (including phenoxy) is 1. The van der Waals surface area contributed by atoms with E-state index in [4.69, 9.17) is 4.74 Å². The quantitative estimate of drug-likeness (QED) is 0.891. The molecule has 1 aliphatic carbocycles. The van der Waals surface area contributed by atoms with Crippen LogP contribution < -0.4 is 10.6 Å². The molecule has 1 atom stereocenters. The SMILES string of the molecule is CC(=O)Nc1cccc(NCC2CCC3(CCCC3)O2)c1. The lowest BCUT2D eigenvalue weighted by Gasteiger charge is -2.24. The summed E-state index contributed by atoms with van der Waals surface area (Å²) in [6.45, 7) is 2.36. The van der Waals surface area contributed by atoms with E-state index in [1.54, 1.807) is 0 Å². The minimum absolute atomic E-state index is 0.0468. The zero-order valence-electron chi connectivity index (χ0n) is 12.7. The summed E-state index contributed by atoms with van der Waals surface area (Å²) in [5.41, 5.74) is 2.05. The first-order valence-electron chi connectivity index (χ1n) is 7.95. The second kappa shape index (κ2) is 6.06. The van der Waals surface area contributed by atoms with Crippen LogP contribution in [0.25, 0.3) is 0 Å². The number of amides is 1. The number of rotatable bonds is 4. The van der Waals surface area contributed by atoms with Gasteiger partial charge in [0.2, 0.25) is 5.91 Å². The molecule has 21 heavy (non-hydrogen) atoms. The summed E-state index contributed by atoms with van der Waals surface area (Å²) < 4.78 is 6.29. The lowest BCUT2D eigenvalue weighted by Crippen LogP contribution is -2.27. The zero-order valence-corrected chi connectivity index (χ0v) is 12.7. The minimum atomic E-state index is -0.0468. The molecule has 1 unspecified atom stereocenters. The van der Waals surface area contributed by atoms with Crippen LogP contribution in [0.1, 0.15) is 45.4 Å². The molecule has 0 bridgehead atoms. The van der Waals surface area contributed by atoms with E-state index in [0.717, 1.165) is 24.3 Å². The molecular weight excluding hydrogens is 264 g/mol. The normalized spacial score (nSPS) is 23.4. The minimum Gasteiger partial charge on any atom is -0.382 e. The lowest BCUT2D eigenvalue weighted by molar-refractivity contribution is -0.114. The molecule has 114 valence electrons. The van der Waals surface area contributed by atoms with Gasteiger partial charge in [0.05, 0.1) is 11.7 Å². The van der Waals surface area contributed by atoms with Crippen molar-refractivity contribution in [3.63, 3.8) is 0 Å². The van der Waals surface area contributed by atoms with Gasteiger partial charge in [0.25, 0.3) is 0 Å². The largest absolute Gasteiger partial charge is 0.382 e. The molecule has 1 saturated carbocycles. The third-order valence-electron chi connectivity index (χ3n) is 4.57. The van der Waals surface area contributed by atoms with Crippen molar-refractivity contribution in [2.75, 3.05) is 17.2 Å². The Kier molecular flexibility index (Phi) is 4.15. The molecule has 1 aromatic carbocycles. The van der Waals surface area contributed by atoms with Gasteiger partial charge in [-0.2, -0.15) is 0 Å². The van der Waals surface area contributed by atoms with Gasteiger partial charge in [-0.1, -0.05) is 18.9 Å². The third-order valence-corrected chi connectivity index (χ3v) is 4.57. The van der Waals surface area contributed by atoms with Gasteiger partial charge in [0, 0.05) is 24.8 Å². The van der Waals surface area contributed by atoms with E-state index in [1.807, 2.05) is 24.3 Å². The van der Waals surface area contributed by atoms with E-state index in [9.17, 15) is 4.79 Å². The monoisotopic (exact) mass is 288 g/mol. The Labute approximate surface area is 126 Å². The maximum absolute atomic E-state index is 11.1. The highest BCUT2D eigenvalue weighted by atomic mass is 16.5. The molecule has 1 heterocycles. The van der Waals surface area contributed by atoms with Gasteiger partial charge in [-0.15, -0.1) is 0 Å². The van der Waals surface area contributed by atoms with E-state index >= 15 is 0 Å². The Morgan fingerprint density at radius 3 is 2.81 bits per heavy atom. The number of carbonyl (C=O) groups is 1. The first-order valence-corrected chi connectivity index (χ1v) is 7.95. The maximum atomic E-state index is 11.1. The van der Waals surface area contributed by atoms with Crippen molar-refractivity contribution in [1.29, 1.82) is 0 Å². The smallest absolute Gasteiger partial charge is 0.221 e. The van der Waals surface area contributed by atoms with Crippen LogP contribution in [0.15, 0.2) is 24.3 Å². The standard InChI is InChI=1S/C17H24N2O2/c1-13(20)19-15-6-4-5-14(11-15)18-12-16-7-10-17(21-16)8-2-3-9-17/h4-6,11,16,18H,2-3,7-10,12H2,1H3,(H,19,20). The van der Waals surface area contributed by atoms with Crippen molar-refractivity contribution in [3.05, 3.63) is 24.3 Å². The van der Waals surface area contributed by atoms with Crippen LogP contribution in [0, 0.1) is 0 Å². The van der Waals surface area contributed by atoms with Crippen molar-refractivity contribution in [2.45, 2.75) is 57.2 Å². The summed E-state index contributed by atoms with van der Waals surface area (Å²) in [7, 11) is 0. The average Bonchev–Trinajstić information content (AvgIpc) is 3.07. The van der Waals surface area contributed by atoms with Crippen LogP contribution in [0.2, 0.25) is 0 Å². The highest BCUT2D eigenvalue weighted by Gasteiger charge is 2.41. The van der Waals surface area contributed by atoms with Crippen LogP contribution in [0.4, 0.5) is 11.4 Å². The molecule has 2 fully saturated rings. The maximum Gasteiger partial charge on any atom is 0.221 e. The van der Waals surface area contributed by atoms with Gasteiger partial charge < -0.3 is 15.4 Å². The predicted octanol–water partition coefficient (Wildman–Crippen LogP) is 3.55. The average molecular weight is 288 g/mol. The molecule has 1 spiro atoms. The number of nitrogens with one attached hydrogen (secondary N) is 2. The Hall–Kier alpha value is -1.55. The van der Waals surface area contributed by atoms with E-state index in [0.29, 0.717) is 6.10 Å². The lowest BCUT2D eigenvalue weighted by atomic mass is 9.98. The van der Waals surface area contributed by atoms with Crippen LogP contribution in [0.5, 0.6) is 0 Å². The van der Waals surface area contributed by atoms with Crippen molar-refractivity contribution in [1.82, 2.24) is 0 Å². The number of hydrogen-bond donors (Lipinski definition) is 2. The molecule has 0 radical (unpaired) electrons. The second-order valence-corrected chi connectivity index (χ2v) is 6.31. The van der Waals surface area contributed by atoms with Crippen molar-refractivity contribution in [3.8, 4) is 0 Å². The number of hydrogen-bond acceptors (Lipinski definition) is 3. The predicted molar refractivity (Wildman–Crippen MR) is 84.5 cm³/mol. The fourth-order valence-electron chi connectivity index (χ4n) is 3.57.